The van der Waals surface area contributed by atoms with Gasteiger partial charge in [0.2, 0.25) is 5.75 Å². The molecule has 0 bridgehead atoms. The van der Waals surface area contributed by atoms with Gasteiger partial charge < -0.3 is 19.1 Å². The monoisotopic (exact) mass is 385 g/mol. The second-order valence-electron chi connectivity index (χ2n) is 6.63. The first kappa shape index (κ1) is 20.1. The van der Waals surface area contributed by atoms with E-state index in [1.807, 2.05) is 12.1 Å². The van der Waals surface area contributed by atoms with Crippen molar-refractivity contribution in [2.75, 3.05) is 46.9 Å². The van der Waals surface area contributed by atoms with Crippen LogP contribution in [-0.4, -0.2) is 67.7 Å². The van der Waals surface area contributed by atoms with E-state index < -0.39 is 5.97 Å². The van der Waals surface area contributed by atoms with Gasteiger partial charge in [0.15, 0.2) is 11.5 Å². The van der Waals surface area contributed by atoms with Crippen LogP contribution >= 0.6 is 0 Å². The number of benzene rings is 1. The maximum Gasteiger partial charge on any atom is 0.345 e. The molecule has 2 aromatic rings. The third-order valence-electron chi connectivity index (χ3n) is 4.98. The molecule has 1 fully saturated rings. The number of methoxy groups -OCH3 is 2. The number of ether oxygens (including phenoxy) is 3. The van der Waals surface area contributed by atoms with Crippen LogP contribution in [0.5, 0.6) is 17.2 Å². The third-order valence-corrected chi connectivity index (χ3v) is 4.98. The number of piperazine rings is 1. The largest absolute Gasteiger partial charge is 0.493 e. The van der Waals surface area contributed by atoms with Gasteiger partial charge in [0.25, 0.3) is 0 Å². The first-order chi connectivity index (χ1) is 13.7. The van der Waals surface area contributed by atoms with Crippen LogP contribution in [0.15, 0.2) is 36.7 Å². The molecule has 28 heavy (non-hydrogen) atoms. The number of nitrogens with zero attached hydrogens (tertiary/aromatic N) is 3. The Hall–Kier alpha value is -2.64. The number of hydrogen-bond donors (Lipinski definition) is 0. The maximum atomic E-state index is 12.6. The molecule has 0 aliphatic carbocycles. The van der Waals surface area contributed by atoms with Crippen LogP contribution in [0.1, 0.15) is 22.8 Å². The highest BCUT2D eigenvalue weighted by atomic mass is 16.6. The van der Waals surface area contributed by atoms with Crippen molar-refractivity contribution in [2.24, 2.45) is 0 Å². The first-order valence-electron chi connectivity index (χ1n) is 9.47. The minimum atomic E-state index is -0.475. The Balaban J connectivity index is 1.86. The van der Waals surface area contributed by atoms with Crippen molar-refractivity contribution in [3.05, 3.63) is 47.8 Å². The number of likely N-dealkylation sites (N-methyl/N-ethyl adjacent to an activating group) is 1. The zero-order chi connectivity index (χ0) is 19.9. The summed E-state index contributed by atoms with van der Waals surface area (Å²) in [7, 11) is 3.11. The van der Waals surface area contributed by atoms with E-state index in [0.717, 1.165) is 38.3 Å². The predicted molar refractivity (Wildman–Crippen MR) is 106 cm³/mol. The first-order valence-corrected chi connectivity index (χ1v) is 9.47. The van der Waals surface area contributed by atoms with Crippen molar-refractivity contribution in [2.45, 2.75) is 13.5 Å². The molecule has 0 spiro atoms. The molecule has 0 amide bonds. The smallest absolute Gasteiger partial charge is 0.345 e. The van der Waals surface area contributed by atoms with Crippen LogP contribution in [0.25, 0.3) is 0 Å². The van der Waals surface area contributed by atoms with Gasteiger partial charge >= 0.3 is 5.97 Å². The van der Waals surface area contributed by atoms with Crippen molar-refractivity contribution >= 4 is 5.97 Å². The molecular formula is C21H27N3O4. The SMILES string of the molecule is CCN1CCN(Cc2ccc(OC)c(OC)c2OC(=O)c2cccnc2)CC1. The lowest BCUT2D eigenvalue weighted by molar-refractivity contribution is 0.0723. The summed E-state index contributed by atoms with van der Waals surface area (Å²) in [6.07, 6.45) is 3.10. The van der Waals surface area contributed by atoms with Crippen LogP contribution in [0.3, 0.4) is 0 Å². The molecule has 7 heteroatoms. The standard InChI is InChI=1S/C21H27N3O4/c1-4-23-10-12-24(13-11-23)15-17-7-8-18(26-2)20(27-3)19(17)28-21(25)16-6-5-9-22-14-16/h5-9,14H,4,10-13,15H2,1-3H3. The molecular weight excluding hydrogens is 358 g/mol. The molecule has 7 nitrogen and oxygen atoms in total. The van der Waals surface area contributed by atoms with E-state index in [0.29, 0.717) is 29.4 Å². The second kappa shape index (κ2) is 9.52. The Morgan fingerprint density at radius 3 is 2.39 bits per heavy atom. The van der Waals surface area contributed by atoms with Gasteiger partial charge in [-0.2, -0.15) is 0 Å². The number of esters is 1. The topological polar surface area (TPSA) is 64.1 Å². The Bertz CT molecular complexity index is 790. The number of pyridine rings is 1. The Labute approximate surface area is 165 Å². The number of carbonyl (C=O) groups is 1. The number of aromatic nitrogens is 1. The lowest BCUT2D eigenvalue weighted by Gasteiger charge is -2.34. The molecule has 1 saturated heterocycles. The highest BCUT2D eigenvalue weighted by molar-refractivity contribution is 5.91. The van der Waals surface area contributed by atoms with Gasteiger partial charge in [-0.25, -0.2) is 4.79 Å². The predicted octanol–water partition coefficient (Wildman–Crippen LogP) is 2.46. The number of rotatable bonds is 7. The fourth-order valence-corrected chi connectivity index (χ4v) is 3.32. The molecule has 1 aromatic carbocycles. The normalized spacial score (nSPS) is 15.2. The molecule has 0 saturated carbocycles. The van der Waals surface area contributed by atoms with Gasteiger partial charge in [-0.1, -0.05) is 13.0 Å². The maximum absolute atomic E-state index is 12.6. The molecule has 0 radical (unpaired) electrons. The average Bonchev–Trinajstić information content (AvgIpc) is 2.75. The Kier molecular flexibility index (Phi) is 6.84. The average molecular weight is 385 g/mol. The van der Waals surface area contributed by atoms with E-state index in [2.05, 4.69) is 21.7 Å². The molecule has 1 aliphatic heterocycles. The molecule has 150 valence electrons. The highest BCUT2D eigenvalue weighted by Crippen LogP contribution is 2.41. The molecule has 0 atom stereocenters. The number of hydrogen-bond acceptors (Lipinski definition) is 7. The summed E-state index contributed by atoms with van der Waals surface area (Å²) in [6.45, 7) is 7.94. The summed E-state index contributed by atoms with van der Waals surface area (Å²) in [6, 6.07) is 7.15. The summed E-state index contributed by atoms with van der Waals surface area (Å²) in [5, 5.41) is 0. The van der Waals surface area contributed by atoms with Crippen LogP contribution in [0.4, 0.5) is 0 Å². The van der Waals surface area contributed by atoms with Crippen LogP contribution < -0.4 is 14.2 Å². The second-order valence-corrected chi connectivity index (χ2v) is 6.63. The minimum absolute atomic E-state index is 0.384. The van der Waals surface area contributed by atoms with Crippen LogP contribution in [0, 0.1) is 0 Å². The third kappa shape index (κ3) is 4.61. The van der Waals surface area contributed by atoms with E-state index in [-0.39, 0.29) is 0 Å². The molecule has 0 unspecified atom stereocenters. The van der Waals surface area contributed by atoms with E-state index in [9.17, 15) is 4.79 Å². The van der Waals surface area contributed by atoms with Crippen LogP contribution in [-0.2, 0) is 6.54 Å². The molecule has 3 rings (SSSR count). The Morgan fingerprint density at radius 1 is 1.04 bits per heavy atom. The van der Waals surface area contributed by atoms with E-state index >= 15 is 0 Å². The summed E-state index contributed by atoms with van der Waals surface area (Å²) in [4.78, 5) is 21.4. The van der Waals surface area contributed by atoms with Gasteiger partial charge in [-0.15, -0.1) is 0 Å². The van der Waals surface area contributed by atoms with Crippen molar-refractivity contribution in [1.82, 2.24) is 14.8 Å². The molecule has 1 aromatic heterocycles. The lowest BCUT2D eigenvalue weighted by atomic mass is 10.1. The van der Waals surface area contributed by atoms with E-state index in [1.165, 1.54) is 6.20 Å². The lowest BCUT2D eigenvalue weighted by Crippen LogP contribution is -2.45. The summed E-state index contributed by atoms with van der Waals surface area (Å²) in [5.74, 6) is 0.866. The highest BCUT2D eigenvalue weighted by Gasteiger charge is 2.23. The van der Waals surface area contributed by atoms with E-state index in [1.54, 1.807) is 32.5 Å². The van der Waals surface area contributed by atoms with Crippen LogP contribution in [0.2, 0.25) is 0 Å². The van der Waals surface area contributed by atoms with Gasteiger partial charge in [0.1, 0.15) is 0 Å². The summed E-state index contributed by atoms with van der Waals surface area (Å²) >= 11 is 0. The van der Waals surface area contributed by atoms with Crippen molar-refractivity contribution < 1.29 is 19.0 Å². The quantitative estimate of drug-likeness (QED) is 0.536. The van der Waals surface area contributed by atoms with Crippen molar-refractivity contribution in [1.29, 1.82) is 0 Å². The Morgan fingerprint density at radius 2 is 1.79 bits per heavy atom. The zero-order valence-corrected chi connectivity index (χ0v) is 16.7. The van der Waals surface area contributed by atoms with Gasteiger partial charge in [0, 0.05) is 50.7 Å². The minimum Gasteiger partial charge on any atom is -0.493 e. The van der Waals surface area contributed by atoms with Gasteiger partial charge in [-0.05, 0) is 24.7 Å². The fourth-order valence-electron chi connectivity index (χ4n) is 3.32. The van der Waals surface area contributed by atoms with Crippen molar-refractivity contribution in [3.8, 4) is 17.2 Å². The molecule has 2 heterocycles. The van der Waals surface area contributed by atoms with E-state index in [4.69, 9.17) is 14.2 Å². The van der Waals surface area contributed by atoms with Crippen molar-refractivity contribution in [3.63, 3.8) is 0 Å². The number of carbonyl (C=O) groups excluding carboxylic acids is 1. The fraction of sp³-hybridized carbons (Fsp3) is 0.429. The molecule has 1 aliphatic rings. The molecule has 0 N–H and O–H groups in total. The van der Waals surface area contributed by atoms with Gasteiger partial charge in [0.05, 0.1) is 19.8 Å². The summed E-state index contributed by atoms with van der Waals surface area (Å²) < 4.78 is 16.7. The summed E-state index contributed by atoms with van der Waals surface area (Å²) in [5.41, 5.74) is 1.27. The van der Waals surface area contributed by atoms with Gasteiger partial charge in [-0.3, -0.25) is 9.88 Å². The zero-order valence-electron chi connectivity index (χ0n) is 16.7.